The van der Waals surface area contributed by atoms with Crippen molar-refractivity contribution in [1.29, 1.82) is 0 Å². The Labute approximate surface area is 176 Å². The average molecular weight is 445 g/mol. The van der Waals surface area contributed by atoms with E-state index in [4.69, 9.17) is 32.7 Å². The van der Waals surface area contributed by atoms with Crippen molar-refractivity contribution >= 4 is 35.2 Å². The number of hydrogen-bond acceptors (Lipinski definition) is 3. The third kappa shape index (κ3) is 5.06. The fraction of sp³-hybridized carbons (Fsp3) is 0.286. The molecule has 0 bridgehead atoms. The van der Waals surface area contributed by atoms with Crippen molar-refractivity contribution < 1.29 is 27.4 Å². The van der Waals surface area contributed by atoms with Gasteiger partial charge in [-0.15, -0.1) is 0 Å². The summed E-state index contributed by atoms with van der Waals surface area (Å²) in [5, 5.41) is 1.00. The number of rotatable bonds is 5. The lowest BCUT2D eigenvalue weighted by atomic mass is 9.97. The first kappa shape index (κ1) is 21.5. The van der Waals surface area contributed by atoms with Crippen molar-refractivity contribution in [2.24, 2.45) is 0 Å². The molecular weight excluding hydrogens is 428 g/mol. The van der Waals surface area contributed by atoms with Crippen LogP contribution in [0.4, 0.5) is 13.2 Å². The monoisotopic (exact) mass is 444 g/mol. The largest absolute Gasteiger partial charge is 0.475 e. The zero-order valence-corrected chi connectivity index (χ0v) is 16.9. The Kier molecular flexibility index (Phi) is 6.44. The Balaban J connectivity index is 1.89. The van der Waals surface area contributed by atoms with Gasteiger partial charge in [-0.2, -0.15) is 13.2 Å². The smallest absolute Gasteiger partial charge is 0.430 e. The highest BCUT2D eigenvalue weighted by molar-refractivity contribution is 6.31. The molecule has 1 unspecified atom stereocenters. The lowest BCUT2D eigenvalue weighted by Crippen LogP contribution is -2.40. The van der Waals surface area contributed by atoms with Crippen LogP contribution >= 0.6 is 23.2 Å². The topological polar surface area (TPSA) is 35.5 Å². The van der Waals surface area contributed by atoms with Crippen LogP contribution in [-0.2, 0) is 22.4 Å². The lowest BCUT2D eigenvalue weighted by molar-refractivity contribution is -0.187. The van der Waals surface area contributed by atoms with E-state index in [1.165, 1.54) is 19.1 Å². The maximum Gasteiger partial charge on any atom is 0.430 e. The van der Waals surface area contributed by atoms with E-state index in [2.05, 4.69) is 0 Å². The zero-order valence-electron chi connectivity index (χ0n) is 15.4. The van der Waals surface area contributed by atoms with Crippen LogP contribution in [0.25, 0.3) is 6.08 Å². The summed E-state index contributed by atoms with van der Waals surface area (Å²) in [6, 6.07) is 10.3. The maximum absolute atomic E-state index is 13.5. The average Bonchev–Trinajstić information content (AvgIpc) is 2.66. The summed E-state index contributed by atoms with van der Waals surface area (Å²) in [7, 11) is 0. The Morgan fingerprint density at radius 2 is 1.83 bits per heavy atom. The molecular formula is C21H17Cl2F3O3. The third-order valence-electron chi connectivity index (χ3n) is 4.42. The van der Waals surface area contributed by atoms with E-state index in [9.17, 15) is 18.0 Å². The maximum atomic E-state index is 13.5. The number of hydrogen-bond donors (Lipinski definition) is 0. The molecule has 0 aliphatic carbocycles. The summed E-state index contributed by atoms with van der Waals surface area (Å²) in [4.78, 5) is 12.0. The van der Waals surface area contributed by atoms with Crippen LogP contribution in [0.2, 0.25) is 10.0 Å². The molecule has 0 aromatic heterocycles. The summed E-state index contributed by atoms with van der Waals surface area (Å²) < 4.78 is 50.3. The van der Waals surface area contributed by atoms with E-state index in [0.29, 0.717) is 34.0 Å². The van der Waals surface area contributed by atoms with Gasteiger partial charge in [0.05, 0.1) is 12.2 Å². The van der Waals surface area contributed by atoms with E-state index < -0.39 is 23.8 Å². The molecule has 0 fully saturated rings. The molecule has 3 rings (SSSR count). The molecule has 0 amide bonds. The number of carbonyl (C=O) groups excluding carboxylic acids is 1. The highest BCUT2D eigenvalue weighted by Crippen LogP contribution is 2.40. The highest BCUT2D eigenvalue weighted by Gasteiger charge is 2.48. The van der Waals surface area contributed by atoms with Gasteiger partial charge >= 0.3 is 12.1 Å². The molecule has 0 saturated heterocycles. The second-order valence-corrected chi connectivity index (χ2v) is 7.31. The van der Waals surface area contributed by atoms with Gasteiger partial charge in [-0.1, -0.05) is 35.3 Å². The van der Waals surface area contributed by atoms with Gasteiger partial charge in [0.1, 0.15) is 5.75 Å². The van der Waals surface area contributed by atoms with Crippen LogP contribution < -0.4 is 4.74 Å². The van der Waals surface area contributed by atoms with Crippen LogP contribution in [0.3, 0.4) is 0 Å². The standard InChI is InChI=1S/C21H17Cl2F3O3/c1-2-28-20(27)16-9-14-10-17(23)13(6-3-12-4-7-15(22)8-5-12)11-18(14)29-19(16)21(24,25)26/h4-5,7-11,19H,2-3,6H2,1H3. The number of benzene rings is 2. The molecule has 1 aliphatic rings. The minimum Gasteiger partial charge on any atom is -0.475 e. The first-order valence-electron chi connectivity index (χ1n) is 8.88. The molecule has 8 heteroatoms. The second-order valence-electron chi connectivity index (χ2n) is 6.47. The van der Waals surface area contributed by atoms with Gasteiger partial charge in [0.15, 0.2) is 0 Å². The van der Waals surface area contributed by atoms with Crippen molar-refractivity contribution in [2.75, 3.05) is 6.61 Å². The molecule has 0 radical (unpaired) electrons. The first-order valence-corrected chi connectivity index (χ1v) is 9.63. The number of ether oxygens (including phenoxy) is 2. The molecule has 154 valence electrons. The van der Waals surface area contributed by atoms with Gasteiger partial charge in [0.25, 0.3) is 0 Å². The number of aryl methyl sites for hydroxylation is 2. The highest BCUT2D eigenvalue weighted by atomic mass is 35.5. The van der Waals surface area contributed by atoms with E-state index in [1.54, 1.807) is 12.1 Å². The normalized spacial score (nSPS) is 15.9. The van der Waals surface area contributed by atoms with Crippen molar-refractivity contribution in [3.63, 3.8) is 0 Å². The Bertz CT molecular complexity index is 937. The number of alkyl halides is 3. The molecule has 29 heavy (non-hydrogen) atoms. The summed E-state index contributed by atoms with van der Waals surface area (Å²) in [5.41, 5.74) is 1.36. The molecule has 2 aromatic rings. The fourth-order valence-corrected chi connectivity index (χ4v) is 3.40. The SMILES string of the molecule is CCOC(=O)C1=Cc2cc(Cl)c(CCc3ccc(Cl)cc3)cc2OC1C(F)(F)F. The summed E-state index contributed by atoms with van der Waals surface area (Å²) in [6.07, 6.45) is -4.90. The number of carbonyl (C=O) groups is 1. The van der Waals surface area contributed by atoms with Gasteiger partial charge in [-0.05, 0) is 61.2 Å². The molecule has 0 spiro atoms. The number of esters is 1. The van der Waals surface area contributed by atoms with Crippen LogP contribution in [-0.4, -0.2) is 24.9 Å². The second kappa shape index (κ2) is 8.67. The van der Waals surface area contributed by atoms with E-state index in [-0.39, 0.29) is 12.4 Å². The lowest BCUT2D eigenvalue weighted by Gasteiger charge is -2.28. The summed E-state index contributed by atoms with van der Waals surface area (Å²) in [5.74, 6) is -1.04. The van der Waals surface area contributed by atoms with E-state index in [1.807, 2.05) is 12.1 Å². The fourth-order valence-electron chi connectivity index (χ4n) is 3.00. The Hall–Kier alpha value is -2.18. The molecule has 1 heterocycles. The van der Waals surface area contributed by atoms with Crippen LogP contribution in [0, 0.1) is 0 Å². The van der Waals surface area contributed by atoms with E-state index >= 15 is 0 Å². The van der Waals surface area contributed by atoms with Crippen molar-refractivity contribution in [3.8, 4) is 5.75 Å². The number of fused-ring (bicyclic) bond motifs is 1. The molecule has 3 nitrogen and oxygen atoms in total. The predicted molar refractivity (Wildman–Crippen MR) is 105 cm³/mol. The van der Waals surface area contributed by atoms with Gasteiger partial charge in [-0.25, -0.2) is 4.79 Å². The molecule has 2 aromatic carbocycles. The molecule has 0 saturated carbocycles. The van der Waals surface area contributed by atoms with Crippen molar-refractivity contribution in [3.05, 3.63) is 68.7 Å². The summed E-state index contributed by atoms with van der Waals surface area (Å²) >= 11 is 12.2. The van der Waals surface area contributed by atoms with Crippen molar-refractivity contribution in [1.82, 2.24) is 0 Å². The predicted octanol–water partition coefficient (Wildman–Crippen LogP) is 6.05. The minimum absolute atomic E-state index is 0.0240. The summed E-state index contributed by atoms with van der Waals surface area (Å²) in [6.45, 7) is 1.47. The van der Waals surface area contributed by atoms with Crippen molar-refractivity contribution in [2.45, 2.75) is 32.0 Å². The van der Waals surface area contributed by atoms with Crippen LogP contribution in [0.5, 0.6) is 5.75 Å². The zero-order chi connectivity index (χ0) is 21.2. The van der Waals surface area contributed by atoms with Gasteiger partial charge in [0.2, 0.25) is 6.10 Å². The van der Waals surface area contributed by atoms with Gasteiger partial charge in [0, 0.05) is 15.6 Å². The van der Waals surface area contributed by atoms with E-state index in [0.717, 1.165) is 11.6 Å². The van der Waals surface area contributed by atoms with Crippen LogP contribution in [0.15, 0.2) is 42.0 Å². The number of halogens is 5. The molecule has 1 atom stereocenters. The van der Waals surface area contributed by atoms with Gasteiger partial charge < -0.3 is 9.47 Å². The quantitative estimate of drug-likeness (QED) is 0.526. The molecule has 1 aliphatic heterocycles. The van der Waals surface area contributed by atoms with Crippen LogP contribution in [0.1, 0.15) is 23.6 Å². The first-order chi connectivity index (χ1) is 13.7. The Morgan fingerprint density at radius 1 is 1.14 bits per heavy atom. The van der Waals surface area contributed by atoms with Gasteiger partial charge in [-0.3, -0.25) is 0 Å². The third-order valence-corrected chi connectivity index (χ3v) is 5.03. The Morgan fingerprint density at radius 3 is 2.45 bits per heavy atom. The molecule has 0 N–H and O–H groups in total. The minimum atomic E-state index is -4.76.